The fourth-order valence-corrected chi connectivity index (χ4v) is 3.24. The number of hydrogen-bond donors (Lipinski definition) is 1. The molecule has 3 rings (SSSR count). The highest BCUT2D eigenvalue weighted by Gasteiger charge is 2.26. The summed E-state index contributed by atoms with van der Waals surface area (Å²) in [4.78, 5) is 39.7. The first-order chi connectivity index (χ1) is 13.0. The van der Waals surface area contributed by atoms with Gasteiger partial charge < -0.3 is 9.80 Å². The first kappa shape index (κ1) is 19.0. The largest absolute Gasteiger partial charge is 0.341 e. The van der Waals surface area contributed by atoms with Crippen molar-refractivity contribution in [1.29, 1.82) is 0 Å². The van der Waals surface area contributed by atoms with E-state index < -0.39 is 0 Å². The van der Waals surface area contributed by atoms with Gasteiger partial charge in [0, 0.05) is 45.4 Å². The number of hydrogen-bond acceptors (Lipinski definition) is 4. The molecule has 0 aromatic heterocycles. The van der Waals surface area contributed by atoms with Crippen molar-refractivity contribution >= 4 is 23.4 Å². The maximum Gasteiger partial charge on any atom is 0.270 e. The average molecular weight is 374 g/mol. The van der Waals surface area contributed by atoms with Crippen LogP contribution in [0.15, 0.2) is 29.4 Å². The van der Waals surface area contributed by atoms with Gasteiger partial charge in [0.1, 0.15) is 11.5 Å². The molecule has 1 fully saturated rings. The van der Waals surface area contributed by atoms with E-state index in [1.165, 1.54) is 12.1 Å². The van der Waals surface area contributed by atoms with Crippen LogP contribution in [0.2, 0.25) is 0 Å². The Hall–Kier alpha value is -2.77. The number of hydrazone groups is 1. The fraction of sp³-hybridized carbons (Fsp3) is 0.474. The molecule has 0 bridgehead atoms. The van der Waals surface area contributed by atoms with E-state index >= 15 is 0 Å². The van der Waals surface area contributed by atoms with Gasteiger partial charge in [0.15, 0.2) is 0 Å². The molecule has 2 heterocycles. The van der Waals surface area contributed by atoms with Crippen LogP contribution >= 0.6 is 0 Å². The molecule has 1 N–H and O–H groups in total. The van der Waals surface area contributed by atoms with Crippen LogP contribution in [0.5, 0.6) is 0 Å². The lowest BCUT2D eigenvalue weighted by molar-refractivity contribution is -0.131. The summed E-state index contributed by atoms with van der Waals surface area (Å²) in [5, 5.41) is 3.86. The number of carbonyl (C=O) groups is 3. The molecule has 2 aliphatic heterocycles. The van der Waals surface area contributed by atoms with E-state index in [-0.39, 0.29) is 30.0 Å². The van der Waals surface area contributed by atoms with Crippen molar-refractivity contribution in [3.05, 3.63) is 35.6 Å². The molecular weight excluding hydrogens is 351 g/mol. The third kappa shape index (κ3) is 5.12. The highest BCUT2D eigenvalue weighted by Crippen LogP contribution is 2.11. The Bertz CT molecular complexity index is 748. The van der Waals surface area contributed by atoms with Crippen LogP contribution in [0.1, 0.15) is 31.2 Å². The Morgan fingerprint density at radius 2 is 1.74 bits per heavy atom. The van der Waals surface area contributed by atoms with Gasteiger partial charge >= 0.3 is 0 Å². The van der Waals surface area contributed by atoms with E-state index in [0.717, 1.165) is 5.56 Å². The lowest BCUT2D eigenvalue weighted by Crippen LogP contribution is -2.42. The molecule has 0 atom stereocenters. The van der Waals surface area contributed by atoms with Crippen LogP contribution < -0.4 is 5.43 Å². The van der Waals surface area contributed by atoms with Gasteiger partial charge in [0.25, 0.3) is 5.91 Å². The van der Waals surface area contributed by atoms with Gasteiger partial charge in [-0.05, 0) is 30.5 Å². The molecular formula is C19H23FN4O3. The van der Waals surface area contributed by atoms with Gasteiger partial charge in [0.05, 0.1) is 0 Å². The second-order valence-electron chi connectivity index (χ2n) is 6.75. The number of halogens is 1. The summed E-state index contributed by atoms with van der Waals surface area (Å²) in [6.07, 6.45) is 2.24. The zero-order valence-corrected chi connectivity index (χ0v) is 15.1. The van der Waals surface area contributed by atoms with E-state index in [2.05, 4.69) is 10.5 Å². The van der Waals surface area contributed by atoms with Crippen molar-refractivity contribution in [2.24, 2.45) is 5.10 Å². The third-order valence-corrected chi connectivity index (χ3v) is 4.83. The molecule has 1 aromatic rings. The second kappa shape index (κ2) is 8.75. The Morgan fingerprint density at radius 3 is 2.44 bits per heavy atom. The number of amides is 3. The van der Waals surface area contributed by atoms with E-state index in [1.54, 1.807) is 21.9 Å². The van der Waals surface area contributed by atoms with Crippen LogP contribution in [0.25, 0.3) is 0 Å². The van der Waals surface area contributed by atoms with Crippen molar-refractivity contribution < 1.29 is 18.8 Å². The van der Waals surface area contributed by atoms with Gasteiger partial charge in [0.2, 0.25) is 11.8 Å². The number of carbonyl (C=O) groups excluding carboxylic acids is 3. The maximum atomic E-state index is 12.9. The van der Waals surface area contributed by atoms with Crippen LogP contribution in [-0.2, 0) is 20.8 Å². The van der Waals surface area contributed by atoms with E-state index in [0.29, 0.717) is 57.6 Å². The zero-order valence-electron chi connectivity index (χ0n) is 15.1. The average Bonchev–Trinajstić information content (AvgIpc) is 2.94. The van der Waals surface area contributed by atoms with E-state index in [1.807, 2.05) is 0 Å². The zero-order chi connectivity index (χ0) is 19.2. The normalized spacial score (nSPS) is 17.8. The standard InChI is InChI=1S/C19H23FN4O3/c20-15-5-2-14(3-6-15)4-9-18(26)23-10-1-11-24(13-12-23)19(27)16-7-8-17(25)22-21-16/h2-3,5-6H,1,4,7-13H2,(H,22,25). The smallest absolute Gasteiger partial charge is 0.270 e. The van der Waals surface area contributed by atoms with Crippen LogP contribution in [-0.4, -0.2) is 59.4 Å². The minimum Gasteiger partial charge on any atom is -0.341 e. The van der Waals surface area contributed by atoms with Crippen LogP contribution in [0.4, 0.5) is 4.39 Å². The molecule has 1 saturated heterocycles. The van der Waals surface area contributed by atoms with Crippen LogP contribution in [0.3, 0.4) is 0 Å². The molecule has 144 valence electrons. The number of benzene rings is 1. The summed E-state index contributed by atoms with van der Waals surface area (Å²) >= 11 is 0. The molecule has 2 aliphatic rings. The molecule has 8 heteroatoms. The lowest BCUT2D eigenvalue weighted by Gasteiger charge is -2.23. The second-order valence-corrected chi connectivity index (χ2v) is 6.75. The number of rotatable bonds is 4. The Labute approximate surface area is 157 Å². The lowest BCUT2D eigenvalue weighted by atomic mass is 10.1. The van der Waals surface area contributed by atoms with Gasteiger partial charge in [-0.3, -0.25) is 14.4 Å². The predicted molar refractivity (Wildman–Crippen MR) is 97.3 cm³/mol. The third-order valence-electron chi connectivity index (χ3n) is 4.83. The van der Waals surface area contributed by atoms with Gasteiger partial charge in [-0.25, -0.2) is 9.82 Å². The van der Waals surface area contributed by atoms with Gasteiger partial charge in [-0.2, -0.15) is 5.10 Å². The molecule has 0 unspecified atom stereocenters. The molecule has 27 heavy (non-hydrogen) atoms. The summed E-state index contributed by atoms with van der Waals surface area (Å²) in [6, 6.07) is 6.17. The molecule has 0 spiro atoms. The highest BCUT2D eigenvalue weighted by atomic mass is 19.1. The van der Waals surface area contributed by atoms with E-state index in [9.17, 15) is 18.8 Å². The van der Waals surface area contributed by atoms with Crippen molar-refractivity contribution in [3.8, 4) is 0 Å². The molecule has 0 saturated carbocycles. The Balaban J connectivity index is 1.50. The van der Waals surface area contributed by atoms with Crippen molar-refractivity contribution in [2.75, 3.05) is 26.2 Å². The Morgan fingerprint density at radius 1 is 1.04 bits per heavy atom. The summed E-state index contributed by atoms with van der Waals surface area (Å²) < 4.78 is 12.9. The van der Waals surface area contributed by atoms with Crippen molar-refractivity contribution in [2.45, 2.75) is 32.1 Å². The number of nitrogens with one attached hydrogen (secondary N) is 1. The first-order valence-electron chi connectivity index (χ1n) is 9.20. The number of nitrogens with zero attached hydrogens (tertiary/aromatic N) is 3. The molecule has 1 aromatic carbocycles. The quantitative estimate of drug-likeness (QED) is 0.856. The fourth-order valence-electron chi connectivity index (χ4n) is 3.24. The monoisotopic (exact) mass is 374 g/mol. The van der Waals surface area contributed by atoms with Crippen LogP contribution in [0, 0.1) is 5.82 Å². The van der Waals surface area contributed by atoms with Gasteiger partial charge in [-0.1, -0.05) is 12.1 Å². The number of aryl methyl sites for hydroxylation is 1. The summed E-state index contributed by atoms with van der Waals surface area (Å²) in [5.41, 5.74) is 3.64. The molecule has 7 nitrogen and oxygen atoms in total. The molecule has 3 amide bonds. The first-order valence-corrected chi connectivity index (χ1v) is 9.20. The topological polar surface area (TPSA) is 82.1 Å². The Kier molecular flexibility index (Phi) is 6.16. The summed E-state index contributed by atoms with van der Waals surface area (Å²) in [7, 11) is 0. The minimum atomic E-state index is -0.288. The molecule has 0 radical (unpaired) electrons. The summed E-state index contributed by atoms with van der Waals surface area (Å²) in [6.45, 7) is 2.10. The minimum absolute atomic E-state index is 0.0379. The van der Waals surface area contributed by atoms with E-state index in [4.69, 9.17) is 0 Å². The SMILES string of the molecule is O=C1CCC(C(=O)N2CCCN(C(=O)CCc3ccc(F)cc3)CC2)=NN1. The maximum absolute atomic E-state index is 12.9. The predicted octanol–water partition coefficient (Wildman–Crippen LogP) is 1.09. The van der Waals surface area contributed by atoms with Gasteiger partial charge in [-0.15, -0.1) is 0 Å². The van der Waals surface area contributed by atoms with Crippen molar-refractivity contribution in [1.82, 2.24) is 15.2 Å². The summed E-state index contributed by atoms with van der Waals surface area (Å²) in [5.74, 6) is -0.601. The molecule has 0 aliphatic carbocycles. The van der Waals surface area contributed by atoms with Crippen molar-refractivity contribution in [3.63, 3.8) is 0 Å². The highest BCUT2D eigenvalue weighted by molar-refractivity contribution is 6.39.